The molecule has 1 fully saturated rings. The second-order valence-electron chi connectivity index (χ2n) is 5.82. The molecule has 3 heterocycles. The number of hydrogen-bond donors (Lipinski definition) is 2. The van der Waals surface area contributed by atoms with Crippen LogP contribution in [-0.4, -0.2) is 52.0 Å². The van der Waals surface area contributed by atoms with Crippen LogP contribution in [0.15, 0.2) is 6.20 Å². The van der Waals surface area contributed by atoms with E-state index >= 15 is 0 Å². The standard InChI is InChI=1S/C13H20N6O/c1-8-6-19(7-13(2,3)20-8)11-9-5-15-18-10(9)16-12(14-4)17-11/h5,8H,6-7H2,1-4H3,(H2,14,15,16,17,18). The molecular formula is C13H20N6O. The summed E-state index contributed by atoms with van der Waals surface area (Å²) in [4.78, 5) is 11.2. The minimum atomic E-state index is -0.196. The molecule has 0 amide bonds. The van der Waals surface area contributed by atoms with E-state index in [0.717, 1.165) is 29.9 Å². The van der Waals surface area contributed by atoms with Gasteiger partial charge in [0.25, 0.3) is 0 Å². The Morgan fingerprint density at radius 2 is 2.25 bits per heavy atom. The zero-order valence-electron chi connectivity index (χ0n) is 12.3. The van der Waals surface area contributed by atoms with Crippen LogP contribution in [0.5, 0.6) is 0 Å². The van der Waals surface area contributed by atoms with Crippen molar-refractivity contribution in [2.75, 3.05) is 30.4 Å². The van der Waals surface area contributed by atoms with Gasteiger partial charge in [-0.3, -0.25) is 5.10 Å². The van der Waals surface area contributed by atoms with E-state index in [0.29, 0.717) is 5.95 Å². The zero-order valence-corrected chi connectivity index (χ0v) is 12.3. The summed E-state index contributed by atoms with van der Waals surface area (Å²) in [6, 6.07) is 0. The maximum absolute atomic E-state index is 5.95. The molecule has 2 aromatic heterocycles. The van der Waals surface area contributed by atoms with Crippen molar-refractivity contribution in [2.24, 2.45) is 0 Å². The van der Waals surface area contributed by atoms with Crippen molar-refractivity contribution < 1.29 is 4.74 Å². The van der Waals surface area contributed by atoms with Gasteiger partial charge < -0.3 is 15.0 Å². The van der Waals surface area contributed by atoms with Gasteiger partial charge in [0.05, 0.1) is 23.3 Å². The molecule has 1 aliphatic rings. The molecule has 0 spiro atoms. The monoisotopic (exact) mass is 276 g/mol. The third kappa shape index (κ3) is 2.29. The molecule has 7 heteroatoms. The Balaban J connectivity index is 2.06. The molecule has 0 saturated carbocycles. The summed E-state index contributed by atoms with van der Waals surface area (Å²) in [5.74, 6) is 1.49. The minimum Gasteiger partial charge on any atom is -0.369 e. The lowest BCUT2D eigenvalue weighted by molar-refractivity contribution is -0.0750. The predicted molar refractivity (Wildman–Crippen MR) is 78.1 cm³/mol. The van der Waals surface area contributed by atoms with E-state index in [2.05, 4.69) is 51.2 Å². The van der Waals surface area contributed by atoms with E-state index in [-0.39, 0.29) is 11.7 Å². The van der Waals surface area contributed by atoms with Gasteiger partial charge in [0.1, 0.15) is 5.82 Å². The second-order valence-corrected chi connectivity index (χ2v) is 5.82. The van der Waals surface area contributed by atoms with E-state index in [4.69, 9.17) is 4.74 Å². The van der Waals surface area contributed by atoms with Crippen molar-refractivity contribution in [3.8, 4) is 0 Å². The lowest BCUT2D eigenvalue weighted by atomic mass is 10.1. The quantitative estimate of drug-likeness (QED) is 0.863. The number of hydrogen-bond acceptors (Lipinski definition) is 6. The van der Waals surface area contributed by atoms with E-state index in [1.807, 2.05) is 7.05 Å². The average Bonchev–Trinajstić information content (AvgIpc) is 2.82. The van der Waals surface area contributed by atoms with Gasteiger partial charge in [-0.1, -0.05) is 0 Å². The Morgan fingerprint density at radius 3 is 2.95 bits per heavy atom. The highest BCUT2D eigenvalue weighted by Gasteiger charge is 2.33. The third-order valence-electron chi connectivity index (χ3n) is 3.38. The number of nitrogens with one attached hydrogen (secondary N) is 2. The number of H-pyrrole nitrogens is 1. The summed E-state index contributed by atoms with van der Waals surface area (Å²) < 4.78 is 5.95. The summed E-state index contributed by atoms with van der Waals surface area (Å²) in [5, 5.41) is 10.9. The van der Waals surface area contributed by atoms with E-state index in [1.54, 1.807) is 6.20 Å². The van der Waals surface area contributed by atoms with Gasteiger partial charge in [-0.25, -0.2) is 0 Å². The molecule has 1 atom stereocenters. The van der Waals surface area contributed by atoms with Gasteiger partial charge in [-0.2, -0.15) is 15.1 Å². The Labute approximate surface area is 117 Å². The average molecular weight is 276 g/mol. The molecule has 7 nitrogen and oxygen atoms in total. The molecule has 0 bridgehead atoms. The number of morpholine rings is 1. The number of aromatic amines is 1. The SMILES string of the molecule is CNc1nc(N2CC(C)OC(C)(C)C2)c2cn[nH]c2n1. The molecule has 2 aromatic rings. The van der Waals surface area contributed by atoms with Crippen LogP contribution in [0.25, 0.3) is 11.0 Å². The number of ether oxygens (including phenoxy) is 1. The Kier molecular flexibility index (Phi) is 3.01. The first-order chi connectivity index (χ1) is 9.48. The molecular weight excluding hydrogens is 256 g/mol. The van der Waals surface area contributed by atoms with E-state index < -0.39 is 0 Å². The highest BCUT2D eigenvalue weighted by Crippen LogP contribution is 2.29. The lowest BCUT2D eigenvalue weighted by Gasteiger charge is -2.42. The van der Waals surface area contributed by atoms with Crippen molar-refractivity contribution >= 4 is 22.8 Å². The third-order valence-corrected chi connectivity index (χ3v) is 3.38. The van der Waals surface area contributed by atoms with Crippen LogP contribution in [0.2, 0.25) is 0 Å². The summed E-state index contributed by atoms with van der Waals surface area (Å²) in [6.45, 7) is 7.88. The van der Waals surface area contributed by atoms with E-state index in [1.165, 1.54) is 0 Å². The van der Waals surface area contributed by atoms with Crippen molar-refractivity contribution in [2.45, 2.75) is 32.5 Å². The maximum atomic E-state index is 5.95. The molecule has 1 saturated heterocycles. The number of rotatable bonds is 2. The van der Waals surface area contributed by atoms with Gasteiger partial charge in [0, 0.05) is 20.1 Å². The van der Waals surface area contributed by atoms with Crippen LogP contribution in [0.3, 0.4) is 0 Å². The van der Waals surface area contributed by atoms with Gasteiger partial charge >= 0.3 is 0 Å². The number of anilines is 2. The molecule has 1 unspecified atom stereocenters. The molecule has 0 aliphatic carbocycles. The van der Waals surface area contributed by atoms with Crippen molar-refractivity contribution in [3.05, 3.63) is 6.20 Å². The highest BCUT2D eigenvalue weighted by molar-refractivity contribution is 5.87. The van der Waals surface area contributed by atoms with Crippen LogP contribution >= 0.6 is 0 Å². The molecule has 1 aliphatic heterocycles. The molecule has 0 radical (unpaired) electrons. The number of nitrogens with zero attached hydrogens (tertiary/aromatic N) is 4. The van der Waals surface area contributed by atoms with Gasteiger partial charge in [0.2, 0.25) is 5.95 Å². The summed E-state index contributed by atoms with van der Waals surface area (Å²) in [5.41, 5.74) is 0.551. The number of aromatic nitrogens is 4. The van der Waals surface area contributed by atoms with Gasteiger partial charge in [-0.05, 0) is 20.8 Å². The Bertz CT molecular complexity index is 622. The second kappa shape index (κ2) is 4.59. The van der Waals surface area contributed by atoms with Crippen LogP contribution < -0.4 is 10.2 Å². The van der Waals surface area contributed by atoms with Crippen LogP contribution in [-0.2, 0) is 4.74 Å². The topological polar surface area (TPSA) is 79.0 Å². The van der Waals surface area contributed by atoms with Gasteiger partial charge in [0.15, 0.2) is 5.65 Å². The fourth-order valence-corrected chi connectivity index (χ4v) is 2.79. The molecule has 3 rings (SSSR count). The first-order valence-corrected chi connectivity index (χ1v) is 6.80. The maximum Gasteiger partial charge on any atom is 0.226 e. The first-order valence-electron chi connectivity index (χ1n) is 6.80. The fourth-order valence-electron chi connectivity index (χ4n) is 2.79. The first kappa shape index (κ1) is 13.1. The van der Waals surface area contributed by atoms with Crippen LogP contribution in [0, 0.1) is 0 Å². The van der Waals surface area contributed by atoms with Crippen molar-refractivity contribution in [1.29, 1.82) is 0 Å². The number of fused-ring (bicyclic) bond motifs is 1. The molecule has 2 N–H and O–H groups in total. The zero-order chi connectivity index (χ0) is 14.3. The largest absolute Gasteiger partial charge is 0.369 e. The summed E-state index contributed by atoms with van der Waals surface area (Å²) >= 11 is 0. The van der Waals surface area contributed by atoms with Crippen molar-refractivity contribution in [1.82, 2.24) is 20.2 Å². The van der Waals surface area contributed by atoms with Crippen molar-refractivity contribution in [3.63, 3.8) is 0 Å². The summed E-state index contributed by atoms with van der Waals surface area (Å²) in [6.07, 6.45) is 1.94. The molecule has 20 heavy (non-hydrogen) atoms. The molecule has 108 valence electrons. The Morgan fingerprint density at radius 1 is 1.45 bits per heavy atom. The fraction of sp³-hybridized carbons (Fsp3) is 0.615. The Hall–Kier alpha value is -1.89. The van der Waals surface area contributed by atoms with Gasteiger partial charge in [-0.15, -0.1) is 0 Å². The highest BCUT2D eigenvalue weighted by atomic mass is 16.5. The lowest BCUT2D eigenvalue weighted by Crippen LogP contribution is -2.52. The van der Waals surface area contributed by atoms with Crippen LogP contribution in [0.1, 0.15) is 20.8 Å². The smallest absolute Gasteiger partial charge is 0.226 e. The molecule has 0 aromatic carbocycles. The predicted octanol–water partition coefficient (Wildman–Crippen LogP) is 1.40. The van der Waals surface area contributed by atoms with Crippen LogP contribution in [0.4, 0.5) is 11.8 Å². The minimum absolute atomic E-state index is 0.161. The van der Waals surface area contributed by atoms with E-state index in [9.17, 15) is 0 Å². The normalized spacial score (nSPS) is 22.2. The summed E-state index contributed by atoms with van der Waals surface area (Å²) in [7, 11) is 1.81.